The van der Waals surface area contributed by atoms with Crippen LogP contribution in [0.1, 0.15) is 41.6 Å². The van der Waals surface area contributed by atoms with E-state index in [-0.39, 0.29) is 11.3 Å². The number of carbonyl (C=O) groups excluding carboxylic acids is 2. The van der Waals surface area contributed by atoms with E-state index in [0.29, 0.717) is 38.7 Å². The maximum absolute atomic E-state index is 13.4. The van der Waals surface area contributed by atoms with Gasteiger partial charge in [0.25, 0.3) is 5.78 Å². The number of ketones is 1. The van der Waals surface area contributed by atoms with E-state index in [2.05, 4.69) is 34.5 Å². The van der Waals surface area contributed by atoms with Gasteiger partial charge in [0, 0.05) is 11.3 Å². The van der Waals surface area contributed by atoms with Crippen LogP contribution in [0.2, 0.25) is 0 Å². The van der Waals surface area contributed by atoms with E-state index in [4.69, 9.17) is 4.74 Å². The Balaban J connectivity index is 1.53. The number of aryl methyl sites for hydroxylation is 1. The van der Waals surface area contributed by atoms with Crippen LogP contribution in [0.25, 0.3) is 5.76 Å². The van der Waals surface area contributed by atoms with Crippen molar-refractivity contribution < 1.29 is 19.4 Å². The number of thioether (sulfide) groups is 1. The minimum atomic E-state index is -0.890. The molecule has 1 aliphatic rings. The summed E-state index contributed by atoms with van der Waals surface area (Å²) in [5.74, 6) is -0.456. The van der Waals surface area contributed by atoms with Crippen LogP contribution < -0.4 is 9.64 Å². The number of ether oxygens (including phenoxy) is 1. The van der Waals surface area contributed by atoms with Crippen molar-refractivity contribution in [1.82, 2.24) is 10.2 Å². The Morgan fingerprint density at radius 3 is 2.54 bits per heavy atom. The smallest absolute Gasteiger partial charge is 0.301 e. The lowest BCUT2D eigenvalue weighted by molar-refractivity contribution is -0.132. The Bertz CT molecular complexity index is 1520. The van der Waals surface area contributed by atoms with Crippen molar-refractivity contribution in [2.24, 2.45) is 0 Å². The molecule has 1 amide bonds. The molecule has 1 unspecified atom stereocenters. The lowest BCUT2D eigenvalue weighted by atomic mass is 9.95. The number of carbonyl (C=O) groups is 2. The van der Waals surface area contributed by atoms with E-state index in [9.17, 15) is 14.7 Å². The molecule has 39 heavy (non-hydrogen) atoms. The van der Waals surface area contributed by atoms with E-state index in [1.54, 1.807) is 30.3 Å². The van der Waals surface area contributed by atoms with Crippen molar-refractivity contribution in [2.45, 2.75) is 36.4 Å². The van der Waals surface area contributed by atoms with Gasteiger partial charge in [-0.15, -0.1) is 10.2 Å². The minimum absolute atomic E-state index is 0.00269. The number of hydrogen-bond acceptors (Lipinski definition) is 8. The van der Waals surface area contributed by atoms with Gasteiger partial charge in [-0.05, 0) is 36.6 Å². The van der Waals surface area contributed by atoms with Gasteiger partial charge >= 0.3 is 5.91 Å². The van der Waals surface area contributed by atoms with Gasteiger partial charge < -0.3 is 9.84 Å². The number of nitrogens with zero attached hydrogens (tertiary/aromatic N) is 3. The van der Waals surface area contributed by atoms with Gasteiger partial charge in [0.2, 0.25) is 5.13 Å². The predicted octanol–water partition coefficient (Wildman–Crippen LogP) is 6.55. The lowest BCUT2D eigenvalue weighted by Gasteiger charge is -2.23. The van der Waals surface area contributed by atoms with E-state index in [1.807, 2.05) is 38.1 Å². The zero-order chi connectivity index (χ0) is 27.4. The first-order chi connectivity index (χ1) is 19.0. The molecule has 9 heteroatoms. The molecule has 1 saturated heterocycles. The third-order valence-electron chi connectivity index (χ3n) is 6.22. The van der Waals surface area contributed by atoms with Crippen molar-refractivity contribution in [3.63, 3.8) is 0 Å². The van der Waals surface area contributed by atoms with Gasteiger partial charge in [-0.25, -0.2) is 0 Å². The minimum Gasteiger partial charge on any atom is -0.507 e. The van der Waals surface area contributed by atoms with Gasteiger partial charge in [-0.1, -0.05) is 102 Å². The van der Waals surface area contributed by atoms with Crippen molar-refractivity contribution in [3.8, 4) is 5.75 Å². The number of rotatable bonds is 9. The fraction of sp³-hybridized carbons (Fsp3) is 0.200. The number of aliphatic hydroxyl groups excluding tert-OH is 1. The van der Waals surface area contributed by atoms with Crippen LogP contribution in [0, 0.1) is 6.92 Å². The molecule has 0 spiro atoms. The number of amides is 1. The second-order valence-corrected chi connectivity index (χ2v) is 11.3. The zero-order valence-electron chi connectivity index (χ0n) is 21.5. The van der Waals surface area contributed by atoms with E-state index >= 15 is 0 Å². The molecule has 3 aromatic carbocycles. The monoisotopic (exact) mass is 557 g/mol. The molecular formula is C30H27N3O4S2. The van der Waals surface area contributed by atoms with Crippen molar-refractivity contribution in [1.29, 1.82) is 0 Å². The molecule has 1 fully saturated rings. The third kappa shape index (κ3) is 5.74. The number of Topliss-reactive ketones (excluding diaryl/α,β-unsaturated/α-hetero) is 1. The highest BCUT2D eigenvalue weighted by molar-refractivity contribution is 8.00. The molecule has 2 heterocycles. The summed E-state index contributed by atoms with van der Waals surface area (Å²) < 4.78 is 6.50. The SMILES string of the molecule is CCCOc1cccc(C2/C(=C(\O)c3ccccc3)C(=O)C(=O)N2c2nnc(SCc3ccc(C)cc3)s2)c1. The molecule has 198 valence electrons. The van der Waals surface area contributed by atoms with Crippen LogP contribution >= 0.6 is 23.1 Å². The topological polar surface area (TPSA) is 92.6 Å². The van der Waals surface area contributed by atoms with Gasteiger partial charge in [0.15, 0.2) is 4.34 Å². The Kier molecular flexibility index (Phi) is 8.09. The summed E-state index contributed by atoms with van der Waals surface area (Å²) in [5, 5.41) is 20.1. The van der Waals surface area contributed by atoms with Crippen molar-refractivity contribution in [3.05, 3.63) is 107 Å². The van der Waals surface area contributed by atoms with Crippen molar-refractivity contribution >= 4 is 45.7 Å². The summed E-state index contributed by atoms with van der Waals surface area (Å²) in [6.45, 7) is 4.59. The highest BCUT2D eigenvalue weighted by atomic mass is 32.2. The van der Waals surface area contributed by atoms with Crippen LogP contribution in [0.4, 0.5) is 5.13 Å². The first-order valence-electron chi connectivity index (χ1n) is 12.6. The van der Waals surface area contributed by atoms with E-state index in [1.165, 1.54) is 33.6 Å². The number of benzene rings is 3. The third-order valence-corrected chi connectivity index (χ3v) is 8.35. The summed E-state index contributed by atoms with van der Waals surface area (Å²) in [7, 11) is 0. The van der Waals surface area contributed by atoms with Crippen LogP contribution in [-0.4, -0.2) is 33.6 Å². The molecule has 0 saturated carbocycles. The largest absolute Gasteiger partial charge is 0.507 e. The molecule has 1 aliphatic heterocycles. The Hall–Kier alpha value is -3.95. The van der Waals surface area contributed by atoms with E-state index < -0.39 is 17.7 Å². The quantitative estimate of drug-likeness (QED) is 0.0820. The second kappa shape index (κ2) is 11.8. The highest BCUT2D eigenvalue weighted by Gasteiger charge is 2.48. The van der Waals surface area contributed by atoms with Crippen LogP contribution in [-0.2, 0) is 15.3 Å². The summed E-state index contributed by atoms with van der Waals surface area (Å²) in [6, 6.07) is 23.4. The summed E-state index contributed by atoms with van der Waals surface area (Å²) in [5.41, 5.74) is 3.42. The predicted molar refractivity (Wildman–Crippen MR) is 154 cm³/mol. The fourth-order valence-electron chi connectivity index (χ4n) is 4.28. The first-order valence-corrected chi connectivity index (χ1v) is 14.4. The van der Waals surface area contributed by atoms with Gasteiger partial charge in [0.1, 0.15) is 11.5 Å². The molecule has 7 nitrogen and oxygen atoms in total. The van der Waals surface area contributed by atoms with Crippen LogP contribution in [0.5, 0.6) is 5.75 Å². The first kappa shape index (κ1) is 26.6. The summed E-state index contributed by atoms with van der Waals surface area (Å²) in [4.78, 5) is 28.2. The van der Waals surface area contributed by atoms with Gasteiger partial charge in [0.05, 0.1) is 18.2 Å². The average molecular weight is 558 g/mol. The number of hydrogen-bond donors (Lipinski definition) is 1. The van der Waals surface area contributed by atoms with Crippen LogP contribution in [0.15, 0.2) is 88.8 Å². The molecule has 5 rings (SSSR count). The standard InChI is InChI=1S/C30H27N3O4S2/c1-3-16-37-23-11-7-10-22(17-23)25-24(26(34)21-8-5-4-6-9-21)27(35)28(36)33(25)29-31-32-30(39-29)38-18-20-14-12-19(2)13-15-20/h4-15,17,25,34H,3,16,18H2,1-2H3/b26-24+. The maximum Gasteiger partial charge on any atom is 0.301 e. The van der Waals surface area contributed by atoms with Crippen molar-refractivity contribution in [2.75, 3.05) is 11.5 Å². The number of anilines is 1. The normalized spacial score (nSPS) is 16.6. The average Bonchev–Trinajstić information content (AvgIpc) is 3.53. The molecule has 1 aromatic heterocycles. The Morgan fingerprint density at radius 2 is 1.79 bits per heavy atom. The molecule has 0 bridgehead atoms. The molecule has 1 atom stereocenters. The van der Waals surface area contributed by atoms with Crippen LogP contribution in [0.3, 0.4) is 0 Å². The summed E-state index contributed by atoms with van der Waals surface area (Å²) >= 11 is 2.76. The van der Waals surface area contributed by atoms with Gasteiger partial charge in [-0.3, -0.25) is 14.5 Å². The summed E-state index contributed by atoms with van der Waals surface area (Å²) in [6.07, 6.45) is 0.838. The van der Waals surface area contributed by atoms with Gasteiger partial charge in [-0.2, -0.15) is 0 Å². The molecule has 0 aliphatic carbocycles. The number of aliphatic hydroxyl groups is 1. The fourth-order valence-corrected chi connectivity index (χ4v) is 6.10. The zero-order valence-corrected chi connectivity index (χ0v) is 23.2. The number of aromatic nitrogens is 2. The maximum atomic E-state index is 13.4. The molecular weight excluding hydrogens is 530 g/mol. The highest BCUT2D eigenvalue weighted by Crippen LogP contribution is 2.44. The Labute approximate surface area is 235 Å². The molecule has 1 N–H and O–H groups in total. The Morgan fingerprint density at radius 1 is 1.03 bits per heavy atom. The second-order valence-electron chi connectivity index (χ2n) is 9.08. The molecule has 0 radical (unpaired) electrons. The van der Waals surface area contributed by atoms with E-state index in [0.717, 1.165) is 12.0 Å². The molecule has 4 aromatic rings. The lowest BCUT2D eigenvalue weighted by Crippen LogP contribution is -2.29.